The maximum atomic E-state index is 13.1. The first-order valence-electron chi connectivity index (χ1n) is 9.57. The van der Waals surface area contributed by atoms with Crippen LogP contribution in [0.25, 0.3) is 11.3 Å². The molecule has 1 atom stereocenters. The Labute approximate surface area is 170 Å². The largest absolute Gasteiger partial charge is 0.324 e. The fourth-order valence-electron chi connectivity index (χ4n) is 3.20. The molecule has 0 aliphatic heterocycles. The zero-order chi connectivity index (χ0) is 19.9. The summed E-state index contributed by atoms with van der Waals surface area (Å²) >= 11 is 1.43. The number of amides is 2. The second-order valence-corrected chi connectivity index (χ2v) is 7.95. The van der Waals surface area contributed by atoms with Crippen LogP contribution < -0.4 is 5.32 Å². The molecule has 0 bridgehead atoms. The minimum absolute atomic E-state index is 0.0290. The third kappa shape index (κ3) is 4.95. The van der Waals surface area contributed by atoms with Crippen LogP contribution in [0.1, 0.15) is 38.8 Å². The minimum Gasteiger partial charge on any atom is -0.317 e. The van der Waals surface area contributed by atoms with E-state index in [9.17, 15) is 4.79 Å². The van der Waals surface area contributed by atoms with E-state index in [0.717, 1.165) is 23.2 Å². The van der Waals surface area contributed by atoms with E-state index in [0.29, 0.717) is 17.6 Å². The molecule has 0 aliphatic carbocycles. The van der Waals surface area contributed by atoms with Crippen LogP contribution in [0.15, 0.2) is 60.2 Å². The molecule has 0 spiro atoms. The van der Waals surface area contributed by atoms with Crippen molar-refractivity contribution in [1.82, 2.24) is 14.9 Å². The van der Waals surface area contributed by atoms with Crippen LogP contribution in [-0.4, -0.2) is 27.4 Å². The number of hydrogen-bond donors (Lipinski definition) is 1. The molecular weight excluding hydrogens is 368 g/mol. The Bertz CT molecular complexity index is 880. The van der Waals surface area contributed by atoms with Gasteiger partial charge >= 0.3 is 6.03 Å². The van der Waals surface area contributed by atoms with Gasteiger partial charge in [0.05, 0.1) is 11.7 Å². The lowest BCUT2D eigenvalue weighted by Crippen LogP contribution is -2.40. The lowest BCUT2D eigenvalue weighted by atomic mass is 10.0. The quantitative estimate of drug-likeness (QED) is 0.547. The molecule has 2 aromatic heterocycles. The Hall–Kier alpha value is -2.73. The highest BCUT2D eigenvalue weighted by molar-refractivity contribution is 7.14. The zero-order valence-corrected chi connectivity index (χ0v) is 17.3. The second-order valence-electron chi connectivity index (χ2n) is 7.09. The van der Waals surface area contributed by atoms with Gasteiger partial charge in [0.15, 0.2) is 5.13 Å². The second kappa shape index (κ2) is 9.46. The van der Waals surface area contributed by atoms with Gasteiger partial charge in [-0.25, -0.2) is 9.78 Å². The highest BCUT2D eigenvalue weighted by Gasteiger charge is 2.25. The molecule has 0 saturated carbocycles. The number of urea groups is 1. The van der Waals surface area contributed by atoms with Gasteiger partial charge in [-0.05, 0) is 30.0 Å². The third-order valence-corrected chi connectivity index (χ3v) is 5.20. The molecule has 1 N–H and O–H groups in total. The predicted octanol–water partition coefficient (Wildman–Crippen LogP) is 5.85. The Kier molecular flexibility index (Phi) is 6.76. The molecular formula is C22H26N4OS. The first kappa shape index (κ1) is 20.0. The molecule has 28 heavy (non-hydrogen) atoms. The predicted molar refractivity (Wildman–Crippen MR) is 115 cm³/mol. The molecule has 146 valence electrons. The molecule has 2 amide bonds. The average molecular weight is 395 g/mol. The Morgan fingerprint density at radius 2 is 1.96 bits per heavy atom. The van der Waals surface area contributed by atoms with E-state index in [1.807, 2.05) is 40.6 Å². The summed E-state index contributed by atoms with van der Waals surface area (Å²) in [6.07, 6.45) is 4.36. The zero-order valence-electron chi connectivity index (χ0n) is 16.5. The van der Waals surface area contributed by atoms with Crippen LogP contribution in [0, 0.1) is 5.92 Å². The lowest BCUT2D eigenvalue weighted by Gasteiger charge is -2.32. The summed E-state index contributed by atoms with van der Waals surface area (Å²) in [6, 6.07) is 14.0. The molecule has 0 fully saturated rings. The van der Waals surface area contributed by atoms with Crippen LogP contribution in [0.3, 0.4) is 0 Å². The van der Waals surface area contributed by atoms with Crippen LogP contribution in [0.4, 0.5) is 9.93 Å². The number of aromatic nitrogens is 2. The summed E-state index contributed by atoms with van der Waals surface area (Å²) in [5.74, 6) is 0.366. The SMILES string of the molecule is CC[C@@H](c1ccccc1)N(CC(C)C)C(=O)Nc1nc(-c2cccnc2)cs1. The number of nitrogens with zero attached hydrogens (tertiary/aromatic N) is 3. The minimum atomic E-state index is -0.114. The van der Waals surface area contributed by atoms with E-state index in [2.05, 4.69) is 48.2 Å². The summed E-state index contributed by atoms with van der Waals surface area (Å²) in [4.78, 5) is 23.7. The molecule has 0 saturated heterocycles. The number of rotatable bonds is 7. The summed E-state index contributed by atoms with van der Waals surface area (Å²) in [5, 5.41) is 5.53. The van der Waals surface area contributed by atoms with E-state index in [-0.39, 0.29) is 12.1 Å². The Balaban J connectivity index is 1.79. The number of carbonyl (C=O) groups excluding carboxylic acids is 1. The number of hydrogen-bond acceptors (Lipinski definition) is 4. The molecule has 0 aliphatic rings. The molecule has 6 heteroatoms. The van der Waals surface area contributed by atoms with Gasteiger partial charge in [-0.1, -0.05) is 51.1 Å². The number of nitrogens with one attached hydrogen (secondary N) is 1. The van der Waals surface area contributed by atoms with Gasteiger partial charge in [-0.2, -0.15) is 0 Å². The maximum Gasteiger partial charge on any atom is 0.324 e. The van der Waals surface area contributed by atoms with Crippen molar-refractivity contribution in [3.05, 3.63) is 65.8 Å². The van der Waals surface area contributed by atoms with Gasteiger partial charge < -0.3 is 4.90 Å². The van der Waals surface area contributed by atoms with Crippen LogP contribution in [0.5, 0.6) is 0 Å². The van der Waals surface area contributed by atoms with Gasteiger partial charge in [0.1, 0.15) is 0 Å². The standard InChI is InChI=1S/C22H26N4OS/c1-4-20(17-9-6-5-7-10-17)26(14-16(2)3)22(27)25-21-24-19(15-28-21)18-11-8-12-23-13-18/h5-13,15-16,20H,4,14H2,1-3H3,(H,24,25,27)/t20-/m0/s1. The van der Waals surface area contributed by atoms with Crippen LogP contribution >= 0.6 is 11.3 Å². The normalized spacial score (nSPS) is 12.0. The number of carbonyl (C=O) groups is 1. The van der Waals surface area contributed by atoms with E-state index in [1.165, 1.54) is 11.3 Å². The Morgan fingerprint density at radius 3 is 2.61 bits per heavy atom. The van der Waals surface area contributed by atoms with Crippen molar-refractivity contribution in [2.75, 3.05) is 11.9 Å². The van der Waals surface area contributed by atoms with Crippen molar-refractivity contribution >= 4 is 22.5 Å². The van der Waals surface area contributed by atoms with Crippen molar-refractivity contribution < 1.29 is 4.79 Å². The molecule has 3 rings (SSSR count). The molecule has 0 unspecified atom stereocenters. The van der Waals surface area contributed by atoms with Crippen molar-refractivity contribution in [3.63, 3.8) is 0 Å². The van der Waals surface area contributed by atoms with Gasteiger partial charge in [0.25, 0.3) is 0 Å². The first-order valence-corrected chi connectivity index (χ1v) is 10.4. The highest BCUT2D eigenvalue weighted by atomic mass is 32.1. The molecule has 1 aromatic carbocycles. The smallest absolute Gasteiger partial charge is 0.317 e. The van der Waals surface area contributed by atoms with Crippen molar-refractivity contribution in [2.45, 2.75) is 33.2 Å². The maximum absolute atomic E-state index is 13.1. The van der Waals surface area contributed by atoms with Crippen LogP contribution in [0.2, 0.25) is 0 Å². The summed E-state index contributed by atoms with van der Waals surface area (Å²) < 4.78 is 0. The van der Waals surface area contributed by atoms with Crippen molar-refractivity contribution in [2.24, 2.45) is 5.92 Å². The van der Waals surface area contributed by atoms with Crippen molar-refractivity contribution in [3.8, 4) is 11.3 Å². The molecule has 2 heterocycles. The number of thiazole rings is 1. The molecule has 3 aromatic rings. The lowest BCUT2D eigenvalue weighted by molar-refractivity contribution is 0.176. The summed E-state index contributed by atoms with van der Waals surface area (Å²) in [7, 11) is 0. The van der Waals surface area contributed by atoms with E-state index in [1.54, 1.807) is 12.4 Å². The molecule has 5 nitrogen and oxygen atoms in total. The van der Waals surface area contributed by atoms with Gasteiger partial charge in [0, 0.05) is 29.9 Å². The average Bonchev–Trinajstić information content (AvgIpc) is 3.17. The van der Waals surface area contributed by atoms with E-state index >= 15 is 0 Å². The van der Waals surface area contributed by atoms with E-state index < -0.39 is 0 Å². The van der Waals surface area contributed by atoms with Crippen molar-refractivity contribution in [1.29, 1.82) is 0 Å². The fourth-order valence-corrected chi connectivity index (χ4v) is 3.91. The summed E-state index contributed by atoms with van der Waals surface area (Å²) in [5.41, 5.74) is 2.91. The van der Waals surface area contributed by atoms with Gasteiger partial charge in [-0.3, -0.25) is 10.3 Å². The van der Waals surface area contributed by atoms with Gasteiger partial charge in [0.2, 0.25) is 0 Å². The molecule has 0 radical (unpaired) electrons. The first-order chi connectivity index (χ1) is 13.6. The van der Waals surface area contributed by atoms with E-state index in [4.69, 9.17) is 0 Å². The number of anilines is 1. The topological polar surface area (TPSA) is 58.1 Å². The van der Waals surface area contributed by atoms with Crippen LogP contribution in [-0.2, 0) is 0 Å². The third-order valence-electron chi connectivity index (χ3n) is 4.45. The highest BCUT2D eigenvalue weighted by Crippen LogP contribution is 2.28. The Morgan fingerprint density at radius 1 is 1.18 bits per heavy atom. The van der Waals surface area contributed by atoms with Gasteiger partial charge in [-0.15, -0.1) is 11.3 Å². The summed E-state index contributed by atoms with van der Waals surface area (Å²) in [6.45, 7) is 7.05. The monoisotopic (exact) mass is 394 g/mol. The fraction of sp³-hybridized carbons (Fsp3) is 0.318. The number of benzene rings is 1. The number of pyridine rings is 1.